The minimum absolute atomic E-state index is 0.0792. The minimum atomic E-state index is -0.482. The van der Waals surface area contributed by atoms with Crippen LogP contribution < -0.4 is 10.6 Å². The van der Waals surface area contributed by atoms with E-state index in [2.05, 4.69) is 10.6 Å². The summed E-state index contributed by atoms with van der Waals surface area (Å²) in [5.41, 5.74) is -0.936. The average molecular weight is 348 g/mol. The molecule has 0 saturated heterocycles. The number of amides is 2. The van der Waals surface area contributed by atoms with Gasteiger partial charge in [-0.1, -0.05) is 0 Å². The number of hydrogen-bond acceptors (Lipinski definition) is 6. The molecule has 0 spiro atoms. The van der Waals surface area contributed by atoms with Gasteiger partial charge in [-0.2, -0.15) is 0 Å². The topological polar surface area (TPSA) is 114 Å². The Balaban J connectivity index is 0. The third kappa shape index (κ3) is 22.5. The lowest BCUT2D eigenvalue weighted by Gasteiger charge is -2.19. The van der Waals surface area contributed by atoms with Crippen molar-refractivity contribution >= 4 is 18.5 Å². The molecule has 0 aliphatic heterocycles. The van der Waals surface area contributed by atoms with Crippen LogP contribution in [0.25, 0.3) is 0 Å². The monoisotopic (exact) mass is 348 g/mol. The number of carbonyl (C=O) groups is 3. The normalized spacial score (nSPS) is 10.8. The Kier molecular flexibility index (Phi) is 12.8. The van der Waals surface area contributed by atoms with E-state index in [1.807, 2.05) is 0 Å². The van der Waals surface area contributed by atoms with Gasteiger partial charge in [-0.3, -0.25) is 0 Å². The SMILES string of the molecule is CC(C)(C)OC(=O)NCCC=O.CC(C)(C)OC(=O)NCCCO. The Morgan fingerprint density at radius 1 is 0.917 bits per heavy atom. The van der Waals surface area contributed by atoms with Crippen LogP contribution in [0.15, 0.2) is 0 Å². The fourth-order valence-electron chi connectivity index (χ4n) is 1.13. The number of hydrogen-bond donors (Lipinski definition) is 3. The van der Waals surface area contributed by atoms with Crippen molar-refractivity contribution in [1.82, 2.24) is 10.6 Å². The quantitative estimate of drug-likeness (QED) is 0.500. The first-order chi connectivity index (χ1) is 10.9. The van der Waals surface area contributed by atoms with E-state index in [0.29, 0.717) is 25.9 Å². The first-order valence-electron chi connectivity index (χ1n) is 7.89. The lowest BCUT2D eigenvalue weighted by atomic mass is 10.2. The molecule has 0 radical (unpaired) electrons. The molecule has 0 atom stereocenters. The van der Waals surface area contributed by atoms with Gasteiger partial charge in [-0.25, -0.2) is 9.59 Å². The Morgan fingerprint density at radius 2 is 1.33 bits per heavy atom. The molecule has 0 saturated carbocycles. The van der Waals surface area contributed by atoms with Gasteiger partial charge in [0.05, 0.1) is 0 Å². The van der Waals surface area contributed by atoms with Crippen LogP contribution >= 0.6 is 0 Å². The number of ether oxygens (including phenoxy) is 2. The molecule has 0 heterocycles. The molecule has 0 aromatic carbocycles. The highest BCUT2D eigenvalue weighted by atomic mass is 16.6. The van der Waals surface area contributed by atoms with E-state index < -0.39 is 23.4 Å². The van der Waals surface area contributed by atoms with E-state index in [0.717, 1.165) is 6.29 Å². The molecule has 142 valence electrons. The van der Waals surface area contributed by atoms with Crippen LogP contribution in [0.1, 0.15) is 54.4 Å². The predicted octanol–water partition coefficient (Wildman–Crippen LogP) is 1.99. The van der Waals surface area contributed by atoms with Gasteiger partial charge in [0, 0.05) is 26.1 Å². The molecule has 0 rings (SSSR count). The molecule has 0 aliphatic carbocycles. The molecule has 0 fully saturated rings. The summed E-state index contributed by atoms with van der Waals surface area (Å²) in [6, 6.07) is 0. The van der Waals surface area contributed by atoms with Crippen LogP contribution in [0, 0.1) is 0 Å². The van der Waals surface area contributed by atoms with Gasteiger partial charge in [0.15, 0.2) is 0 Å². The second-order valence-corrected chi connectivity index (χ2v) is 6.89. The number of aliphatic hydroxyl groups excluding tert-OH is 1. The molecule has 24 heavy (non-hydrogen) atoms. The van der Waals surface area contributed by atoms with Crippen molar-refractivity contribution in [1.29, 1.82) is 0 Å². The van der Waals surface area contributed by atoms with Crippen LogP contribution in [0.3, 0.4) is 0 Å². The van der Waals surface area contributed by atoms with Gasteiger partial charge in [-0.15, -0.1) is 0 Å². The van der Waals surface area contributed by atoms with E-state index in [-0.39, 0.29) is 6.61 Å². The van der Waals surface area contributed by atoms with Crippen LogP contribution in [-0.2, 0) is 14.3 Å². The standard InChI is InChI=1S/C8H17NO3.C8H15NO3/c2*1-8(2,3)12-7(11)9-5-4-6-10/h10H,4-6H2,1-3H3,(H,9,11);6H,4-5H2,1-3H3,(H,9,11). The third-order valence-electron chi connectivity index (χ3n) is 1.93. The van der Waals surface area contributed by atoms with Crippen molar-refractivity contribution in [3.8, 4) is 0 Å². The summed E-state index contributed by atoms with van der Waals surface area (Å²) in [4.78, 5) is 31.7. The van der Waals surface area contributed by atoms with Crippen molar-refractivity contribution in [3.05, 3.63) is 0 Å². The van der Waals surface area contributed by atoms with Crippen molar-refractivity contribution in [2.24, 2.45) is 0 Å². The molecule has 8 nitrogen and oxygen atoms in total. The van der Waals surface area contributed by atoms with Gasteiger partial charge < -0.3 is 30.0 Å². The maximum Gasteiger partial charge on any atom is 0.407 e. The molecule has 0 aromatic rings. The van der Waals surface area contributed by atoms with E-state index >= 15 is 0 Å². The maximum absolute atomic E-state index is 10.9. The molecule has 0 aromatic heterocycles. The summed E-state index contributed by atoms with van der Waals surface area (Å²) in [5.74, 6) is 0. The summed E-state index contributed by atoms with van der Waals surface area (Å²) < 4.78 is 9.87. The van der Waals surface area contributed by atoms with Crippen molar-refractivity contribution in [2.45, 2.75) is 65.6 Å². The van der Waals surface area contributed by atoms with Crippen LogP contribution in [0.4, 0.5) is 9.59 Å². The first kappa shape index (κ1) is 24.4. The Hall–Kier alpha value is -1.83. The molecular weight excluding hydrogens is 316 g/mol. The smallest absolute Gasteiger partial charge is 0.407 e. The largest absolute Gasteiger partial charge is 0.444 e. The fourth-order valence-corrected chi connectivity index (χ4v) is 1.13. The van der Waals surface area contributed by atoms with Crippen LogP contribution in [0.2, 0.25) is 0 Å². The number of carbonyl (C=O) groups excluding carboxylic acids is 3. The molecule has 0 bridgehead atoms. The zero-order valence-corrected chi connectivity index (χ0v) is 15.6. The van der Waals surface area contributed by atoms with Crippen LogP contribution in [-0.4, -0.2) is 54.5 Å². The van der Waals surface area contributed by atoms with E-state index in [1.54, 1.807) is 41.5 Å². The molecule has 3 N–H and O–H groups in total. The summed E-state index contributed by atoms with van der Waals surface area (Å²) in [7, 11) is 0. The van der Waals surface area contributed by atoms with E-state index in [4.69, 9.17) is 14.6 Å². The predicted molar refractivity (Wildman–Crippen MR) is 90.9 cm³/mol. The van der Waals surface area contributed by atoms with E-state index in [1.165, 1.54) is 0 Å². The molecular formula is C16H32N2O6. The summed E-state index contributed by atoms with van der Waals surface area (Å²) in [6.45, 7) is 11.6. The van der Waals surface area contributed by atoms with Crippen molar-refractivity contribution in [2.75, 3.05) is 19.7 Å². The number of alkyl carbamates (subject to hydrolysis) is 2. The second-order valence-electron chi connectivity index (χ2n) is 6.89. The highest BCUT2D eigenvalue weighted by Gasteiger charge is 2.15. The van der Waals surface area contributed by atoms with Gasteiger partial charge in [0.2, 0.25) is 0 Å². The number of aldehydes is 1. The molecule has 8 heteroatoms. The van der Waals surface area contributed by atoms with Crippen molar-refractivity contribution < 1.29 is 29.0 Å². The zero-order chi connectivity index (χ0) is 19.2. The lowest BCUT2D eigenvalue weighted by molar-refractivity contribution is -0.107. The number of aliphatic hydroxyl groups is 1. The summed E-state index contributed by atoms with van der Waals surface area (Å²) in [5, 5.41) is 13.4. The highest BCUT2D eigenvalue weighted by Crippen LogP contribution is 2.06. The van der Waals surface area contributed by atoms with Crippen LogP contribution in [0.5, 0.6) is 0 Å². The summed E-state index contributed by atoms with van der Waals surface area (Å²) in [6.07, 6.45) is 0.704. The maximum atomic E-state index is 10.9. The van der Waals surface area contributed by atoms with Gasteiger partial charge in [0.1, 0.15) is 17.5 Å². The molecule has 0 unspecified atom stereocenters. The van der Waals surface area contributed by atoms with Crippen molar-refractivity contribution in [3.63, 3.8) is 0 Å². The highest BCUT2D eigenvalue weighted by molar-refractivity contribution is 5.68. The Morgan fingerprint density at radius 3 is 1.67 bits per heavy atom. The molecule has 2 amide bonds. The fraction of sp³-hybridized carbons (Fsp3) is 0.812. The average Bonchev–Trinajstić information content (AvgIpc) is 2.36. The zero-order valence-electron chi connectivity index (χ0n) is 15.6. The third-order valence-corrected chi connectivity index (χ3v) is 1.93. The first-order valence-corrected chi connectivity index (χ1v) is 7.89. The Labute approximate surface area is 144 Å². The van der Waals surface area contributed by atoms with Gasteiger partial charge in [0.25, 0.3) is 0 Å². The number of nitrogens with one attached hydrogen (secondary N) is 2. The van der Waals surface area contributed by atoms with E-state index in [9.17, 15) is 14.4 Å². The van der Waals surface area contributed by atoms with Gasteiger partial charge in [-0.05, 0) is 48.0 Å². The lowest BCUT2D eigenvalue weighted by Crippen LogP contribution is -2.33. The Bertz CT molecular complexity index is 372. The number of rotatable bonds is 6. The second kappa shape index (κ2) is 12.6. The summed E-state index contributed by atoms with van der Waals surface area (Å²) >= 11 is 0. The minimum Gasteiger partial charge on any atom is -0.444 e. The molecule has 0 aliphatic rings. The van der Waals surface area contributed by atoms with Gasteiger partial charge >= 0.3 is 12.2 Å².